The van der Waals surface area contributed by atoms with Crippen molar-refractivity contribution < 1.29 is 0 Å². The summed E-state index contributed by atoms with van der Waals surface area (Å²) in [6, 6.07) is 5.99. The third-order valence-electron chi connectivity index (χ3n) is 1.64. The van der Waals surface area contributed by atoms with Gasteiger partial charge in [0, 0.05) is 17.8 Å². The van der Waals surface area contributed by atoms with Crippen LogP contribution in [0, 0.1) is 0 Å². The van der Waals surface area contributed by atoms with E-state index < -0.39 is 0 Å². The molecular formula is C10H7BrN2S2. The molecule has 0 atom stereocenters. The molecule has 0 saturated carbocycles. The number of aromatic nitrogens is 2. The van der Waals surface area contributed by atoms with Crippen LogP contribution in [0.1, 0.15) is 0 Å². The number of hydrogen-bond acceptors (Lipinski definition) is 4. The third-order valence-corrected chi connectivity index (χ3v) is 3.90. The first-order valence-electron chi connectivity index (χ1n) is 4.19. The molecule has 3 aromatic heterocycles. The second-order valence-corrected chi connectivity index (χ2v) is 5.82. The van der Waals surface area contributed by atoms with Crippen LogP contribution in [0.25, 0.3) is 10.1 Å². The van der Waals surface area contributed by atoms with E-state index in [0.717, 1.165) is 5.39 Å². The highest BCUT2D eigenvalue weighted by Crippen LogP contribution is 2.15. The van der Waals surface area contributed by atoms with E-state index in [4.69, 9.17) is 0 Å². The first kappa shape index (κ1) is 10.7. The van der Waals surface area contributed by atoms with Gasteiger partial charge in [0.25, 0.3) is 0 Å². The minimum Gasteiger partial charge on any atom is -0.264 e. The topological polar surface area (TPSA) is 25.8 Å². The van der Waals surface area contributed by atoms with Crippen molar-refractivity contribution in [3.05, 3.63) is 46.0 Å². The van der Waals surface area contributed by atoms with Gasteiger partial charge >= 0.3 is 0 Å². The van der Waals surface area contributed by atoms with Gasteiger partial charge in [-0.3, -0.25) is 4.98 Å². The number of rotatable bonds is 0. The number of pyridine rings is 1. The Labute approximate surface area is 104 Å². The molecule has 0 aliphatic carbocycles. The molecule has 0 N–H and O–H groups in total. The Morgan fingerprint density at radius 3 is 2.73 bits per heavy atom. The van der Waals surface area contributed by atoms with E-state index >= 15 is 0 Å². The molecule has 0 fully saturated rings. The molecule has 0 amide bonds. The fourth-order valence-corrected chi connectivity index (χ4v) is 2.51. The number of hydrogen-bond donors (Lipinski definition) is 0. The Kier molecular flexibility index (Phi) is 3.82. The van der Waals surface area contributed by atoms with Crippen molar-refractivity contribution in [1.29, 1.82) is 0 Å². The molecule has 5 heteroatoms. The average Bonchev–Trinajstić information content (AvgIpc) is 2.88. The summed E-state index contributed by atoms with van der Waals surface area (Å²) in [5.74, 6) is 0. The van der Waals surface area contributed by atoms with Crippen LogP contribution in [0.4, 0.5) is 0 Å². The highest BCUT2D eigenvalue weighted by Gasteiger charge is 1.90. The predicted octanol–water partition coefficient (Wildman–Crippen LogP) is 4.20. The van der Waals surface area contributed by atoms with Gasteiger partial charge in [-0.1, -0.05) is 6.07 Å². The summed E-state index contributed by atoms with van der Waals surface area (Å²) in [4.78, 5) is 3.95. The molecule has 15 heavy (non-hydrogen) atoms. The van der Waals surface area contributed by atoms with Crippen LogP contribution < -0.4 is 0 Å². The molecule has 0 unspecified atom stereocenters. The van der Waals surface area contributed by atoms with E-state index in [2.05, 4.69) is 25.3 Å². The molecule has 3 heterocycles. The van der Waals surface area contributed by atoms with Gasteiger partial charge in [0.05, 0.1) is 14.7 Å². The van der Waals surface area contributed by atoms with Crippen molar-refractivity contribution in [1.82, 2.24) is 9.36 Å². The minimum atomic E-state index is 1.13. The lowest BCUT2D eigenvalue weighted by Gasteiger charge is -1.79. The van der Waals surface area contributed by atoms with Crippen LogP contribution >= 0.6 is 38.8 Å². The highest BCUT2D eigenvalue weighted by atomic mass is 79.9. The second kappa shape index (κ2) is 5.34. The van der Waals surface area contributed by atoms with Crippen LogP contribution in [0.2, 0.25) is 0 Å². The van der Waals surface area contributed by atoms with Crippen LogP contribution in [0.5, 0.6) is 0 Å². The van der Waals surface area contributed by atoms with Gasteiger partial charge in [-0.15, -0.1) is 11.3 Å². The number of thiophene rings is 1. The molecule has 0 aliphatic rings. The summed E-state index contributed by atoms with van der Waals surface area (Å²) >= 11 is 6.49. The van der Waals surface area contributed by atoms with Gasteiger partial charge in [-0.25, -0.2) is 0 Å². The van der Waals surface area contributed by atoms with Crippen molar-refractivity contribution in [2.45, 2.75) is 0 Å². The van der Waals surface area contributed by atoms with Crippen molar-refractivity contribution in [2.24, 2.45) is 0 Å². The maximum atomic E-state index is 4.00. The van der Waals surface area contributed by atoms with Gasteiger partial charge in [-0.05, 0) is 45.0 Å². The zero-order valence-electron chi connectivity index (χ0n) is 7.63. The van der Waals surface area contributed by atoms with Crippen molar-refractivity contribution in [3.63, 3.8) is 0 Å². The maximum Gasteiger partial charge on any atom is 0.0698 e. The van der Waals surface area contributed by atoms with Crippen LogP contribution in [-0.2, 0) is 0 Å². The van der Waals surface area contributed by atoms with Gasteiger partial charge in [0.2, 0.25) is 0 Å². The van der Waals surface area contributed by atoms with Crippen LogP contribution in [0.15, 0.2) is 46.0 Å². The lowest BCUT2D eigenvalue weighted by atomic mass is 10.4. The predicted molar refractivity (Wildman–Crippen MR) is 69.4 cm³/mol. The van der Waals surface area contributed by atoms with E-state index in [1.807, 2.05) is 36.0 Å². The minimum absolute atomic E-state index is 1.13. The lowest BCUT2D eigenvalue weighted by molar-refractivity contribution is 1.37. The molecule has 0 aromatic carbocycles. The number of nitrogens with zero attached hydrogens (tertiary/aromatic N) is 2. The zero-order valence-corrected chi connectivity index (χ0v) is 10.8. The molecule has 0 saturated heterocycles. The summed E-state index contributed by atoms with van der Waals surface area (Å²) in [7, 11) is 0. The van der Waals surface area contributed by atoms with E-state index in [1.165, 1.54) is 20.0 Å². The highest BCUT2D eigenvalue weighted by molar-refractivity contribution is 9.11. The molecule has 3 rings (SSSR count). The Hall–Kier alpha value is -0.780. The summed E-state index contributed by atoms with van der Waals surface area (Å²) < 4.78 is 6.40. The van der Waals surface area contributed by atoms with E-state index in [1.54, 1.807) is 17.5 Å². The smallest absolute Gasteiger partial charge is 0.0698 e. The van der Waals surface area contributed by atoms with Gasteiger partial charge in [-0.2, -0.15) is 4.37 Å². The monoisotopic (exact) mass is 298 g/mol. The molecular weight excluding hydrogens is 292 g/mol. The second-order valence-electron chi connectivity index (χ2n) is 2.66. The molecule has 0 aliphatic heterocycles. The largest absolute Gasteiger partial charge is 0.264 e. The summed E-state index contributed by atoms with van der Waals surface area (Å²) in [6.07, 6.45) is 5.42. The van der Waals surface area contributed by atoms with E-state index in [0.29, 0.717) is 0 Å². The Morgan fingerprint density at radius 2 is 2.13 bits per heavy atom. The van der Waals surface area contributed by atoms with Crippen molar-refractivity contribution in [3.8, 4) is 0 Å². The maximum absolute atomic E-state index is 4.00. The normalized spacial score (nSPS) is 9.67. The summed E-state index contributed by atoms with van der Waals surface area (Å²) in [5, 5.41) is 3.16. The molecule has 3 aromatic rings. The van der Waals surface area contributed by atoms with Gasteiger partial charge in [0.1, 0.15) is 0 Å². The fraction of sp³-hybridized carbons (Fsp3) is 0. The molecule has 0 bridgehead atoms. The number of halogens is 1. The Morgan fingerprint density at radius 1 is 1.20 bits per heavy atom. The SMILES string of the molecule is Brc1cccs1.c1cc2sncc2cn1. The van der Waals surface area contributed by atoms with E-state index in [-0.39, 0.29) is 0 Å². The van der Waals surface area contributed by atoms with Crippen molar-refractivity contribution in [2.75, 3.05) is 0 Å². The third kappa shape index (κ3) is 3.09. The summed E-state index contributed by atoms with van der Waals surface area (Å²) in [6.45, 7) is 0. The first-order chi connectivity index (χ1) is 7.36. The number of fused-ring (bicyclic) bond motifs is 1. The molecule has 0 spiro atoms. The van der Waals surface area contributed by atoms with Gasteiger partial charge < -0.3 is 0 Å². The van der Waals surface area contributed by atoms with Gasteiger partial charge in [0.15, 0.2) is 0 Å². The zero-order chi connectivity index (χ0) is 10.5. The fourth-order valence-electron chi connectivity index (χ4n) is 0.972. The quantitative estimate of drug-likeness (QED) is 0.621. The molecule has 2 nitrogen and oxygen atoms in total. The first-order valence-corrected chi connectivity index (χ1v) is 6.64. The summed E-state index contributed by atoms with van der Waals surface area (Å²) in [5.41, 5.74) is 0. The van der Waals surface area contributed by atoms with E-state index in [9.17, 15) is 0 Å². The molecule has 76 valence electrons. The van der Waals surface area contributed by atoms with Crippen molar-refractivity contribution >= 4 is 48.9 Å². The Bertz CT molecular complexity index is 489. The average molecular weight is 299 g/mol. The lowest BCUT2D eigenvalue weighted by Crippen LogP contribution is -1.64. The van der Waals surface area contributed by atoms with Crippen LogP contribution in [-0.4, -0.2) is 9.36 Å². The standard InChI is InChI=1S/C6H4N2S.C4H3BrS/c1-2-7-3-5-4-8-9-6(1)5;5-4-2-1-3-6-4/h1-4H;1-3H. The Balaban J connectivity index is 0.000000124. The van der Waals surface area contributed by atoms with Crippen LogP contribution in [0.3, 0.4) is 0 Å². The molecule has 0 radical (unpaired) electrons.